The van der Waals surface area contributed by atoms with E-state index in [1.165, 1.54) is 0 Å². The van der Waals surface area contributed by atoms with Crippen LogP contribution >= 0.6 is 0 Å². The molecule has 6 heteroatoms. The van der Waals surface area contributed by atoms with E-state index in [1.807, 2.05) is 33.8 Å². The largest absolute Gasteiger partial charge is 0.493 e. The lowest BCUT2D eigenvalue weighted by atomic mass is 9.91. The topological polar surface area (TPSA) is 60.2 Å². The molecule has 2 aliphatic rings. The number of nitrogens with zero attached hydrogens (tertiary/aromatic N) is 4. The van der Waals surface area contributed by atoms with Crippen molar-refractivity contribution >= 4 is 5.91 Å². The predicted octanol–water partition coefficient (Wildman–Crippen LogP) is 2.01. The van der Waals surface area contributed by atoms with Crippen LogP contribution in [0.1, 0.15) is 36.8 Å². The van der Waals surface area contributed by atoms with Crippen LogP contribution in [0, 0.1) is 0 Å². The van der Waals surface area contributed by atoms with E-state index in [0.717, 1.165) is 37.1 Å². The van der Waals surface area contributed by atoms with Crippen LogP contribution in [0.4, 0.5) is 0 Å². The van der Waals surface area contributed by atoms with Crippen LogP contribution in [0.5, 0.6) is 5.75 Å². The fourth-order valence-electron chi connectivity index (χ4n) is 3.60. The third kappa shape index (κ3) is 2.69. The highest BCUT2D eigenvalue weighted by Crippen LogP contribution is 2.35. The van der Waals surface area contributed by atoms with Crippen molar-refractivity contribution in [2.24, 2.45) is 0 Å². The molecule has 0 saturated carbocycles. The van der Waals surface area contributed by atoms with E-state index >= 15 is 0 Å². The number of hydrogen-bond donors (Lipinski definition) is 0. The third-order valence-corrected chi connectivity index (χ3v) is 4.78. The number of ether oxygens (including phenoxy) is 1. The number of aromatic nitrogens is 3. The molecular weight excluding hydrogens is 292 g/mol. The minimum atomic E-state index is -0.0885. The summed E-state index contributed by atoms with van der Waals surface area (Å²) >= 11 is 0. The number of para-hydroxylation sites is 1. The van der Waals surface area contributed by atoms with Gasteiger partial charge in [-0.3, -0.25) is 4.79 Å². The van der Waals surface area contributed by atoms with Gasteiger partial charge in [0.25, 0.3) is 0 Å². The summed E-state index contributed by atoms with van der Waals surface area (Å²) in [6, 6.07) is 8.11. The second kappa shape index (κ2) is 6.02. The lowest BCUT2D eigenvalue weighted by Crippen LogP contribution is -2.43. The standard InChI is InChI=1S/C17H20N4O2/c22-17(15-7-9-23-16-6-2-1-5-14(15)16)20-8-3-4-13(10-20)21-12-18-11-19-21/h1-2,5-6,11-13,15H,3-4,7-10H2/t13-,15-/m1/s1. The zero-order valence-electron chi connectivity index (χ0n) is 13.0. The van der Waals surface area contributed by atoms with Crippen LogP contribution in [0.25, 0.3) is 0 Å². The van der Waals surface area contributed by atoms with Gasteiger partial charge in [0.2, 0.25) is 5.91 Å². The van der Waals surface area contributed by atoms with Gasteiger partial charge in [0.15, 0.2) is 0 Å². The SMILES string of the molecule is O=C([C@@H]1CCOc2ccccc21)N1CCC[C@@H](n2cncn2)C1. The first kappa shape index (κ1) is 14.2. The molecule has 2 aromatic rings. The van der Waals surface area contributed by atoms with Gasteiger partial charge in [0.1, 0.15) is 18.4 Å². The first-order valence-corrected chi connectivity index (χ1v) is 8.17. The first-order chi connectivity index (χ1) is 11.3. The summed E-state index contributed by atoms with van der Waals surface area (Å²) in [5.41, 5.74) is 1.02. The van der Waals surface area contributed by atoms with Crippen LogP contribution in [0.2, 0.25) is 0 Å². The predicted molar refractivity (Wildman–Crippen MR) is 84.2 cm³/mol. The van der Waals surface area contributed by atoms with Crippen molar-refractivity contribution in [1.29, 1.82) is 0 Å². The number of carbonyl (C=O) groups is 1. The second-order valence-electron chi connectivity index (χ2n) is 6.18. The van der Waals surface area contributed by atoms with Gasteiger partial charge < -0.3 is 9.64 Å². The second-order valence-corrected chi connectivity index (χ2v) is 6.18. The molecule has 3 heterocycles. The molecule has 120 valence electrons. The Morgan fingerprint density at radius 2 is 2.17 bits per heavy atom. The molecule has 2 atom stereocenters. The number of amides is 1. The number of fused-ring (bicyclic) bond motifs is 1. The molecule has 0 unspecified atom stereocenters. The Labute approximate surface area is 135 Å². The van der Waals surface area contributed by atoms with Gasteiger partial charge in [-0.25, -0.2) is 9.67 Å². The zero-order valence-corrected chi connectivity index (χ0v) is 13.0. The molecule has 0 bridgehead atoms. The van der Waals surface area contributed by atoms with Crippen LogP contribution in [0.15, 0.2) is 36.9 Å². The van der Waals surface area contributed by atoms with Crippen LogP contribution in [0.3, 0.4) is 0 Å². The Morgan fingerprint density at radius 1 is 1.26 bits per heavy atom. The van der Waals surface area contributed by atoms with Crippen molar-refractivity contribution in [1.82, 2.24) is 19.7 Å². The Morgan fingerprint density at radius 3 is 3.04 bits per heavy atom. The Hall–Kier alpha value is -2.37. The van der Waals surface area contributed by atoms with Gasteiger partial charge in [-0.1, -0.05) is 18.2 Å². The van der Waals surface area contributed by atoms with Crippen molar-refractivity contribution in [3.63, 3.8) is 0 Å². The first-order valence-electron chi connectivity index (χ1n) is 8.17. The minimum Gasteiger partial charge on any atom is -0.493 e. The quantitative estimate of drug-likeness (QED) is 0.851. The maximum atomic E-state index is 13.1. The number of carbonyl (C=O) groups excluding carboxylic acids is 1. The van der Waals surface area contributed by atoms with Crippen molar-refractivity contribution in [3.8, 4) is 5.75 Å². The average Bonchev–Trinajstić information content (AvgIpc) is 3.15. The highest BCUT2D eigenvalue weighted by Gasteiger charge is 2.33. The molecule has 1 saturated heterocycles. The highest BCUT2D eigenvalue weighted by atomic mass is 16.5. The lowest BCUT2D eigenvalue weighted by molar-refractivity contribution is -0.135. The van der Waals surface area contributed by atoms with Crippen LogP contribution < -0.4 is 4.74 Å². The Kier molecular flexibility index (Phi) is 3.73. The van der Waals surface area contributed by atoms with Gasteiger partial charge in [0, 0.05) is 18.7 Å². The summed E-state index contributed by atoms with van der Waals surface area (Å²) in [6.45, 7) is 2.14. The third-order valence-electron chi connectivity index (χ3n) is 4.78. The molecular formula is C17H20N4O2. The molecule has 1 aromatic heterocycles. The maximum absolute atomic E-state index is 13.1. The summed E-state index contributed by atoms with van der Waals surface area (Å²) in [5, 5.41) is 4.23. The molecule has 0 aliphatic carbocycles. The number of hydrogen-bond acceptors (Lipinski definition) is 4. The average molecular weight is 312 g/mol. The molecule has 1 fully saturated rings. The summed E-state index contributed by atoms with van der Waals surface area (Å²) < 4.78 is 7.55. The smallest absolute Gasteiger partial charge is 0.230 e. The van der Waals surface area contributed by atoms with Crippen molar-refractivity contribution in [2.75, 3.05) is 19.7 Å². The van der Waals surface area contributed by atoms with Gasteiger partial charge >= 0.3 is 0 Å². The van der Waals surface area contributed by atoms with E-state index in [0.29, 0.717) is 13.2 Å². The fraction of sp³-hybridized carbons (Fsp3) is 0.471. The Balaban J connectivity index is 1.53. The van der Waals surface area contributed by atoms with Gasteiger partial charge in [-0.15, -0.1) is 0 Å². The normalized spacial score (nSPS) is 23.9. The fourth-order valence-corrected chi connectivity index (χ4v) is 3.60. The zero-order chi connectivity index (χ0) is 15.6. The van der Waals surface area contributed by atoms with Crippen molar-refractivity contribution < 1.29 is 9.53 Å². The molecule has 0 radical (unpaired) electrons. The minimum absolute atomic E-state index is 0.0885. The highest BCUT2D eigenvalue weighted by molar-refractivity contribution is 5.85. The molecule has 0 N–H and O–H groups in total. The van der Waals surface area contributed by atoms with E-state index in [9.17, 15) is 4.79 Å². The maximum Gasteiger partial charge on any atom is 0.230 e. The van der Waals surface area contributed by atoms with Crippen molar-refractivity contribution in [2.45, 2.75) is 31.2 Å². The molecule has 1 aromatic carbocycles. The Bertz CT molecular complexity index is 686. The van der Waals surface area contributed by atoms with Gasteiger partial charge in [-0.05, 0) is 25.3 Å². The molecule has 1 amide bonds. The summed E-state index contributed by atoms with van der Waals surface area (Å²) in [7, 11) is 0. The van der Waals surface area contributed by atoms with E-state index < -0.39 is 0 Å². The summed E-state index contributed by atoms with van der Waals surface area (Å²) in [5.74, 6) is 0.974. The molecule has 6 nitrogen and oxygen atoms in total. The van der Waals surface area contributed by atoms with Gasteiger partial charge in [0.05, 0.1) is 18.6 Å². The van der Waals surface area contributed by atoms with Crippen molar-refractivity contribution in [3.05, 3.63) is 42.5 Å². The van der Waals surface area contributed by atoms with E-state index in [4.69, 9.17) is 4.74 Å². The summed E-state index contributed by atoms with van der Waals surface area (Å²) in [4.78, 5) is 19.1. The lowest BCUT2D eigenvalue weighted by Gasteiger charge is -2.36. The molecule has 2 aliphatic heterocycles. The molecule has 0 spiro atoms. The number of likely N-dealkylation sites (tertiary alicyclic amines) is 1. The van der Waals surface area contributed by atoms with E-state index in [1.54, 1.807) is 12.7 Å². The summed E-state index contributed by atoms with van der Waals surface area (Å²) in [6.07, 6.45) is 6.08. The van der Waals surface area contributed by atoms with Crippen LogP contribution in [-0.2, 0) is 4.79 Å². The monoisotopic (exact) mass is 312 g/mol. The van der Waals surface area contributed by atoms with Crippen LogP contribution in [-0.4, -0.2) is 45.3 Å². The molecule has 4 rings (SSSR count). The number of benzene rings is 1. The molecule has 23 heavy (non-hydrogen) atoms. The number of piperidine rings is 1. The van der Waals surface area contributed by atoms with E-state index in [-0.39, 0.29) is 17.9 Å². The van der Waals surface area contributed by atoms with E-state index in [2.05, 4.69) is 10.1 Å². The number of rotatable bonds is 2. The van der Waals surface area contributed by atoms with Gasteiger partial charge in [-0.2, -0.15) is 5.10 Å².